The second kappa shape index (κ2) is 5.59. The molecular formula is C12H16FNO2S2. The number of halogens is 1. The van der Waals surface area contributed by atoms with Crippen molar-refractivity contribution in [2.75, 3.05) is 25.1 Å². The summed E-state index contributed by atoms with van der Waals surface area (Å²) in [5, 5.41) is 0.0398. The topological polar surface area (TPSA) is 37.4 Å². The summed E-state index contributed by atoms with van der Waals surface area (Å²) in [6.45, 7) is 0.972. The lowest BCUT2D eigenvalue weighted by atomic mass is 10.1. The van der Waals surface area contributed by atoms with E-state index in [1.165, 1.54) is 16.6 Å². The van der Waals surface area contributed by atoms with E-state index in [-0.39, 0.29) is 11.1 Å². The minimum Gasteiger partial charge on any atom is -0.213 e. The molecule has 0 N–H and O–H groups in total. The number of sulfonamides is 1. The Labute approximate surface area is 111 Å². The largest absolute Gasteiger partial charge is 0.213 e. The van der Waals surface area contributed by atoms with E-state index in [1.54, 1.807) is 23.9 Å². The smallest absolute Gasteiger partial charge is 0.211 e. The van der Waals surface area contributed by atoms with Crippen LogP contribution in [0.2, 0.25) is 0 Å². The Hall–Kier alpha value is -0.590. The van der Waals surface area contributed by atoms with Gasteiger partial charge < -0.3 is 0 Å². The SMILES string of the molecule is CS(=O)(=O)N1CCSC(c2ccccc2F)CC1. The second-order valence-corrected chi connectivity index (χ2v) is 7.62. The van der Waals surface area contributed by atoms with Crippen molar-refractivity contribution in [2.24, 2.45) is 0 Å². The molecule has 1 unspecified atom stereocenters. The lowest BCUT2D eigenvalue weighted by Crippen LogP contribution is -2.31. The molecule has 1 saturated heterocycles. The molecule has 0 bridgehead atoms. The van der Waals surface area contributed by atoms with Gasteiger partial charge in [-0.3, -0.25) is 0 Å². The third-order valence-electron chi connectivity index (χ3n) is 3.02. The van der Waals surface area contributed by atoms with Crippen molar-refractivity contribution >= 4 is 21.8 Å². The summed E-state index contributed by atoms with van der Waals surface area (Å²) >= 11 is 1.63. The number of rotatable bonds is 2. The van der Waals surface area contributed by atoms with Crippen LogP contribution in [0.5, 0.6) is 0 Å². The predicted molar refractivity (Wildman–Crippen MR) is 72.6 cm³/mol. The second-order valence-electron chi connectivity index (χ2n) is 4.33. The van der Waals surface area contributed by atoms with Gasteiger partial charge in [0.2, 0.25) is 10.0 Å². The van der Waals surface area contributed by atoms with Crippen molar-refractivity contribution in [3.05, 3.63) is 35.6 Å². The predicted octanol–water partition coefficient (Wildman–Crippen LogP) is 2.27. The van der Waals surface area contributed by atoms with Crippen LogP contribution in [0.15, 0.2) is 24.3 Å². The van der Waals surface area contributed by atoms with Crippen molar-refractivity contribution in [2.45, 2.75) is 11.7 Å². The van der Waals surface area contributed by atoms with Gasteiger partial charge in [0.15, 0.2) is 0 Å². The van der Waals surface area contributed by atoms with Crippen molar-refractivity contribution in [3.63, 3.8) is 0 Å². The fourth-order valence-corrected chi connectivity index (χ4v) is 4.29. The molecule has 100 valence electrons. The molecular weight excluding hydrogens is 273 g/mol. The van der Waals surface area contributed by atoms with Crippen LogP contribution in [0, 0.1) is 5.82 Å². The van der Waals surface area contributed by atoms with E-state index in [9.17, 15) is 12.8 Å². The van der Waals surface area contributed by atoms with Gasteiger partial charge in [0.25, 0.3) is 0 Å². The Bertz CT molecular complexity index is 519. The normalized spacial score (nSPS) is 22.7. The highest BCUT2D eigenvalue weighted by Crippen LogP contribution is 2.35. The van der Waals surface area contributed by atoms with Gasteiger partial charge in [-0.1, -0.05) is 18.2 Å². The maximum absolute atomic E-state index is 13.7. The molecule has 3 nitrogen and oxygen atoms in total. The van der Waals surface area contributed by atoms with Crippen molar-refractivity contribution in [3.8, 4) is 0 Å². The molecule has 1 fully saturated rings. The summed E-state index contributed by atoms with van der Waals surface area (Å²) in [5.41, 5.74) is 0.679. The van der Waals surface area contributed by atoms with E-state index in [0.717, 1.165) is 0 Å². The first-order valence-corrected chi connectivity index (χ1v) is 8.69. The molecule has 6 heteroatoms. The molecule has 0 aromatic heterocycles. The van der Waals surface area contributed by atoms with E-state index in [2.05, 4.69) is 0 Å². The van der Waals surface area contributed by atoms with Crippen LogP contribution < -0.4 is 0 Å². The van der Waals surface area contributed by atoms with Crippen LogP contribution >= 0.6 is 11.8 Å². The summed E-state index contributed by atoms with van der Waals surface area (Å²) in [4.78, 5) is 0. The van der Waals surface area contributed by atoms with Crippen LogP contribution in [0.25, 0.3) is 0 Å². The maximum Gasteiger partial charge on any atom is 0.211 e. The molecule has 0 aliphatic carbocycles. The summed E-state index contributed by atoms with van der Waals surface area (Å²) in [5.74, 6) is 0.495. The van der Waals surface area contributed by atoms with Crippen molar-refractivity contribution in [1.82, 2.24) is 4.31 Å². The number of hydrogen-bond acceptors (Lipinski definition) is 3. The average molecular weight is 289 g/mol. The van der Waals surface area contributed by atoms with Gasteiger partial charge in [-0.05, 0) is 12.5 Å². The summed E-state index contributed by atoms with van der Waals surface area (Å²) in [7, 11) is -3.14. The molecule has 18 heavy (non-hydrogen) atoms. The molecule has 0 spiro atoms. The Morgan fingerprint density at radius 2 is 2.06 bits per heavy atom. The highest BCUT2D eigenvalue weighted by Gasteiger charge is 2.25. The molecule has 0 saturated carbocycles. The highest BCUT2D eigenvalue weighted by atomic mass is 32.2. The molecule has 2 rings (SSSR count). The number of nitrogens with zero attached hydrogens (tertiary/aromatic N) is 1. The van der Waals surface area contributed by atoms with E-state index in [4.69, 9.17) is 0 Å². The molecule has 1 atom stereocenters. The van der Waals surface area contributed by atoms with Gasteiger partial charge in [0.1, 0.15) is 5.82 Å². The van der Waals surface area contributed by atoms with Crippen LogP contribution in [0.4, 0.5) is 4.39 Å². The minimum absolute atomic E-state index is 0.0398. The molecule has 1 heterocycles. The highest BCUT2D eigenvalue weighted by molar-refractivity contribution is 7.99. The lowest BCUT2D eigenvalue weighted by molar-refractivity contribution is 0.431. The van der Waals surface area contributed by atoms with Gasteiger partial charge in [-0.2, -0.15) is 11.8 Å². The third kappa shape index (κ3) is 3.24. The number of thioether (sulfide) groups is 1. The molecule has 0 radical (unpaired) electrons. The molecule has 0 amide bonds. The van der Waals surface area contributed by atoms with Gasteiger partial charge in [-0.15, -0.1) is 0 Å². The minimum atomic E-state index is -3.14. The lowest BCUT2D eigenvalue weighted by Gasteiger charge is -2.17. The van der Waals surface area contributed by atoms with Crippen molar-refractivity contribution < 1.29 is 12.8 Å². The Kier molecular flexibility index (Phi) is 4.29. The van der Waals surface area contributed by atoms with Gasteiger partial charge in [-0.25, -0.2) is 17.1 Å². The zero-order valence-corrected chi connectivity index (χ0v) is 11.8. The fraction of sp³-hybridized carbons (Fsp3) is 0.500. The Morgan fingerprint density at radius 1 is 1.33 bits per heavy atom. The molecule has 1 aromatic rings. The quantitative estimate of drug-likeness (QED) is 0.838. The third-order valence-corrected chi connectivity index (χ3v) is 5.63. The van der Waals surface area contributed by atoms with E-state index in [1.807, 2.05) is 6.07 Å². The first-order chi connectivity index (χ1) is 8.48. The van der Waals surface area contributed by atoms with E-state index >= 15 is 0 Å². The van der Waals surface area contributed by atoms with Crippen LogP contribution in [-0.4, -0.2) is 37.8 Å². The zero-order valence-electron chi connectivity index (χ0n) is 10.2. The molecule has 1 aliphatic rings. The fourth-order valence-electron chi connectivity index (χ4n) is 2.07. The van der Waals surface area contributed by atoms with Gasteiger partial charge >= 0.3 is 0 Å². The van der Waals surface area contributed by atoms with Crippen LogP contribution in [0.3, 0.4) is 0 Å². The summed E-state index contributed by atoms with van der Waals surface area (Å²) in [6, 6.07) is 6.72. The van der Waals surface area contributed by atoms with Crippen LogP contribution in [-0.2, 0) is 10.0 Å². The van der Waals surface area contributed by atoms with Crippen molar-refractivity contribution in [1.29, 1.82) is 0 Å². The maximum atomic E-state index is 13.7. The zero-order chi connectivity index (χ0) is 13.2. The van der Waals surface area contributed by atoms with Crippen LogP contribution in [0.1, 0.15) is 17.2 Å². The molecule has 1 aliphatic heterocycles. The Balaban J connectivity index is 2.13. The summed E-state index contributed by atoms with van der Waals surface area (Å²) in [6.07, 6.45) is 1.87. The van der Waals surface area contributed by atoms with Gasteiger partial charge in [0, 0.05) is 29.7 Å². The van der Waals surface area contributed by atoms with E-state index in [0.29, 0.717) is 30.8 Å². The number of hydrogen-bond donors (Lipinski definition) is 0. The Morgan fingerprint density at radius 3 is 2.72 bits per heavy atom. The number of benzene rings is 1. The standard InChI is InChI=1S/C12H16FNO2S2/c1-18(15,16)14-7-6-12(17-9-8-14)10-4-2-3-5-11(10)13/h2-5,12H,6-9H2,1H3. The summed E-state index contributed by atoms with van der Waals surface area (Å²) < 4.78 is 38.1. The first kappa shape index (κ1) is 13.8. The average Bonchev–Trinajstić information content (AvgIpc) is 2.54. The molecule has 1 aromatic carbocycles. The van der Waals surface area contributed by atoms with Gasteiger partial charge in [0.05, 0.1) is 6.26 Å². The first-order valence-electron chi connectivity index (χ1n) is 5.79. The monoisotopic (exact) mass is 289 g/mol. The van der Waals surface area contributed by atoms with E-state index < -0.39 is 10.0 Å².